The molecule has 0 radical (unpaired) electrons. The molecule has 4 heteroatoms. The lowest BCUT2D eigenvalue weighted by atomic mass is 10.2. The fourth-order valence-corrected chi connectivity index (χ4v) is 0.753. The predicted octanol–water partition coefficient (Wildman–Crippen LogP) is 0.764. The van der Waals surface area contributed by atoms with E-state index in [1.165, 1.54) is 0 Å². The monoisotopic (exact) mass is 178 g/mol. The van der Waals surface area contributed by atoms with Crippen molar-refractivity contribution >= 4 is 36.8 Å². The van der Waals surface area contributed by atoms with E-state index in [4.69, 9.17) is 0 Å². The van der Waals surface area contributed by atoms with Crippen LogP contribution in [-0.2, 0) is 9.59 Å². The Bertz CT molecular complexity index is 118. The maximum absolute atomic E-state index is 10.6. The van der Waals surface area contributed by atoms with Gasteiger partial charge in [-0.05, 0) is 0 Å². The Morgan fingerprint density at radius 1 is 0.900 bits per heavy atom. The molecule has 0 spiro atoms. The van der Waals surface area contributed by atoms with Gasteiger partial charge in [-0.1, -0.05) is 0 Å². The van der Waals surface area contributed by atoms with Crippen molar-refractivity contribution in [3.8, 4) is 0 Å². The molecule has 0 aliphatic rings. The third-order valence-corrected chi connectivity index (χ3v) is 1.74. The lowest BCUT2D eigenvalue weighted by molar-refractivity contribution is -0.121. The maximum Gasteiger partial charge on any atom is 0.142 e. The molecular formula is C6H10O2S2. The molecule has 0 aliphatic heterocycles. The fourth-order valence-electron chi connectivity index (χ4n) is 0.437. The molecule has 0 amide bonds. The second-order valence-corrected chi connectivity index (χ2v) is 2.53. The number of rotatable bonds is 5. The molecule has 0 heterocycles. The van der Waals surface area contributed by atoms with Gasteiger partial charge < -0.3 is 0 Å². The van der Waals surface area contributed by atoms with E-state index in [9.17, 15) is 9.59 Å². The van der Waals surface area contributed by atoms with Crippen LogP contribution in [0.1, 0.15) is 12.8 Å². The molecule has 0 aromatic rings. The zero-order chi connectivity index (χ0) is 7.98. The van der Waals surface area contributed by atoms with Crippen LogP contribution in [0.2, 0.25) is 0 Å². The molecular weight excluding hydrogens is 168 g/mol. The van der Waals surface area contributed by atoms with E-state index < -0.39 is 0 Å². The minimum absolute atomic E-state index is 0.0125. The van der Waals surface area contributed by atoms with Gasteiger partial charge in [-0.15, -0.1) is 0 Å². The molecule has 0 unspecified atom stereocenters. The molecule has 0 bridgehead atoms. The number of carbonyl (C=O) groups excluding carboxylic acids is 2. The highest BCUT2D eigenvalue weighted by molar-refractivity contribution is 7.81. The van der Waals surface area contributed by atoms with E-state index in [-0.39, 0.29) is 23.1 Å². The van der Waals surface area contributed by atoms with Crippen LogP contribution in [0.15, 0.2) is 0 Å². The number of hydrogen-bond donors (Lipinski definition) is 2. The summed E-state index contributed by atoms with van der Waals surface area (Å²) in [6.07, 6.45) is 0.617. The van der Waals surface area contributed by atoms with Crippen molar-refractivity contribution in [1.82, 2.24) is 0 Å². The van der Waals surface area contributed by atoms with Crippen molar-refractivity contribution in [2.24, 2.45) is 0 Å². The number of carbonyl (C=O) groups is 2. The van der Waals surface area contributed by atoms with Gasteiger partial charge in [-0.2, -0.15) is 25.3 Å². The third kappa shape index (κ3) is 4.88. The Kier molecular flexibility index (Phi) is 5.82. The Morgan fingerprint density at radius 3 is 1.40 bits per heavy atom. The summed E-state index contributed by atoms with van der Waals surface area (Å²) in [5.41, 5.74) is 0. The molecule has 10 heavy (non-hydrogen) atoms. The van der Waals surface area contributed by atoms with Crippen molar-refractivity contribution in [3.05, 3.63) is 0 Å². The largest absolute Gasteiger partial charge is 0.299 e. The summed E-state index contributed by atoms with van der Waals surface area (Å²) in [7, 11) is 0. The molecule has 0 aromatic heterocycles. The highest BCUT2D eigenvalue weighted by Gasteiger charge is 2.02. The molecule has 0 rings (SSSR count). The topological polar surface area (TPSA) is 34.1 Å². The standard InChI is InChI=1S/C6H10O2S2/c7-5(3-9)1-2-6(8)4-10/h9-10H,1-4H2. The minimum Gasteiger partial charge on any atom is -0.299 e. The summed E-state index contributed by atoms with van der Waals surface area (Å²) >= 11 is 7.53. The first-order valence-corrected chi connectivity index (χ1v) is 4.22. The van der Waals surface area contributed by atoms with Crippen LogP contribution in [0.5, 0.6) is 0 Å². The SMILES string of the molecule is O=C(CS)CCC(=O)CS. The van der Waals surface area contributed by atoms with Crippen LogP contribution in [0.3, 0.4) is 0 Å². The molecule has 0 saturated heterocycles. The van der Waals surface area contributed by atoms with E-state index in [1.54, 1.807) is 0 Å². The summed E-state index contributed by atoms with van der Waals surface area (Å²) in [4.78, 5) is 21.2. The summed E-state index contributed by atoms with van der Waals surface area (Å²) < 4.78 is 0. The Morgan fingerprint density at radius 2 is 1.20 bits per heavy atom. The van der Waals surface area contributed by atoms with Crippen molar-refractivity contribution in [2.45, 2.75) is 12.8 Å². The summed E-state index contributed by atoms with van der Waals surface area (Å²) in [6, 6.07) is 0. The van der Waals surface area contributed by atoms with Gasteiger partial charge in [0.25, 0.3) is 0 Å². The third-order valence-electron chi connectivity index (χ3n) is 1.04. The minimum atomic E-state index is 0.0125. The van der Waals surface area contributed by atoms with E-state index in [1.807, 2.05) is 0 Å². The van der Waals surface area contributed by atoms with Gasteiger partial charge in [-0.25, -0.2) is 0 Å². The van der Waals surface area contributed by atoms with E-state index >= 15 is 0 Å². The second kappa shape index (κ2) is 5.80. The number of hydrogen-bond acceptors (Lipinski definition) is 4. The van der Waals surface area contributed by atoms with Crippen LogP contribution in [0.4, 0.5) is 0 Å². The van der Waals surface area contributed by atoms with Crippen LogP contribution in [0, 0.1) is 0 Å². The molecule has 0 atom stereocenters. The fraction of sp³-hybridized carbons (Fsp3) is 0.667. The Labute approximate surface area is 71.2 Å². The Balaban J connectivity index is 3.35. The lowest BCUT2D eigenvalue weighted by Crippen LogP contribution is -2.05. The second-order valence-electron chi connectivity index (χ2n) is 1.89. The van der Waals surface area contributed by atoms with Gasteiger partial charge in [0.05, 0.1) is 0 Å². The van der Waals surface area contributed by atoms with Gasteiger partial charge in [0.2, 0.25) is 0 Å². The normalized spacial score (nSPS) is 9.40. The molecule has 58 valence electrons. The van der Waals surface area contributed by atoms with Gasteiger partial charge in [0, 0.05) is 24.3 Å². The van der Waals surface area contributed by atoms with Gasteiger partial charge in [0.1, 0.15) is 11.6 Å². The first kappa shape index (κ1) is 10.0. The van der Waals surface area contributed by atoms with Crippen LogP contribution >= 0.6 is 25.3 Å². The summed E-state index contributed by atoms with van der Waals surface area (Å²) in [5.74, 6) is 0.469. The molecule has 0 aliphatic carbocycles. The predicted molar refractivity (Wildman–Crippen MR) is 47.0 cm³/mol. The number of thiol groups is 2. The molecule has 0 saturated carbocycles. The Hall–Kier alpha value is 0.0400. The highest BCUT2D eigenvalue weighted by atomic mass is 32.1. The summed E-state index contributed by atoms with van der Waals surface area (Å²) in [5, 5.41) is 0. The average molecular weight is 178 g/mol. The lowest BCUT2D eigenvalue weighted by Gasteiger charge is -1.93. The zero-order valence-corrected chi connectivity index (χ0v) is 7.33. The maximum atomic E-state index is 10.6. The zero-order valence-electron chi connectivity index (χ0n) is 5.54. The number of ketones is 2. The van der Waals surface area contributed by atoms with Crippen molar-refractivity contribution < 1.29 is 9.59 Å². The van der Waals surface area contributed by atoms with Gasteiger partial charge >= 0.3 is 0 Å². The van der Waals surface area contributed by atoms with E-state index in [2.05, 4.69) is 25.3 Å². The van der Waals surface area contributed by atoms with Crippen LogP contribution in [-0.4, -0.2) is 23.1 Å². The molecule has 2 nitrogen and oxygen atoms in total. The smallest absolute Gasteiger partial charge is 0.142 e. The first-order valence-electron chi connectivity index (χ1n) is 2.95. The molecule has 0 fully saturated rings. The van der Waals surface area contributed by atoms with Crippen molar-refractivity contribution in [2.75, 3.05) is 11.5 Å². The average Bonchev–Trinajstić information content (AvgIpc) is 1.99. The first-order chi connectivity index (χ1) is 4.70. The molecule has 0 N–H and O–H groups in total. The number of Topliss-reactive ketones (excluding diaryl/α,β-unsaturated/α-hetero) is 2. The van der Waals surface area contributed by atoms with Crippen molar-refractivity contribution in [1.29, 1.82) is 0 Å². The van der Waals surface area contributed by atoms with Gasteiger partial charge in [-0.3, -0.25) is 9.59 Å². The van der Waals surface area contributed by atoms with E-state index in [0.717, 1.165) is 0 Å². The van der Waals surface area contributed by atoms with Gasteiger partial charge in [0.15, 0.2) is 0 Å². The molecule has 0 aromatic carbocycles. The van der Waals surface area contributed by atoms with E-state index in [0.29, 0.717) is 12.8 Å². The summed E-state index contributed by atoms with van der Waals surface area (Å²) in [6.45, 7) is 0. The highest BCUT2D eigenvalue weighted by Crippen LogP contribution is 1.95. The quantitative estimate of drug-likeness (QED) is 0.610. The van der Waals surface area contributed by atoms with Crippen molar-refractivity contribution in [3.63, 3.8) is 0 Å². The van der Waals surface area contributed by atoms with Crippen LogP contribution in [0.25, 0.3) is 0 Å². The van der Waals surface area contributed by atoms with Crippen LogP contribution < -0.4 is 0 Å².